The molecule has 2 fully saturated rings. The maximum Gasteiger partial charge on any atom is 0.227 e. The van der Waals surface area contributed by atoms with E-state index in [2.05, 4.69) is 10.00 Å². The van der Waals surface area contributed by atoms with Gasteiger partial charge in [-0.15, -0.1) is 0 Å². The van der Waals surface area contributed by atoms with Gasteiger partial charge in [0.2, 0.25) is 5.91 Å². The number of hydrogen-bond donors (Lipinski definition) is 0. The highest BCUT2D eigenvalue weighted by atomic mass is 19.1. The predicted molar refractivity (Wildman–Crippen MR) is 89.1 cm³/mol. The number of anilines is 1. The molecule has 1 unspecified atom stereocenters. The summed E-state index contributed by atoms with van der Waals surface area (Å²) in [4.78, 5) is 15.8. The van der Waals surface area contributed by atoms with Crippen LogP contribution in [-0.4, -0.2) is 40.2 Å². The maximum atomic E-state index is 13.3. The van der Waals surface area contributed by atoms with Gasteiger partial charge in [0.1, 0.15) is 11.6 Å². The fourth-order valence-electron chi connectivity index (χ4n) is 3.72. The number of carbonyl (C=O) groups excluding carboxylic acids is 1. The standard InChI is InChI=1S/C18H20F2N4O/c19-14-6-13(7-15(20)8-14)10-22-5-3-16(11-22)24-12-17(9-21-24)23-4-1-2-18(23)25/h6-9,12,16H,1-5,10-11H2. The summed E-state index contributed by atoms with van der Waals surface area (Å²) < 4.78 is 28.6. The van der Waals surface area contributed by atoms with Crippen molar-refractivity contribution in [1.29, 1.82) is 0 Å². The molecule has 3 heterocycles. The summed E-state index contributed by atoms with van der Waals surface area (Å²) in [5, 5.41) is 4.42. The molecule has 0 saturated carbocycles. The molecule has 4 rings (SSSR count). The van der Waals surface area contributed by atoms with Crippen molar-refractivity contribution in [2.45, 2.75) is 31.8 Å². The fraction of sp³-hybridized carbons (Fsp3) is 0.444. The van der Waals surface area contributed by atoms with E-state index in [1.807, 2.05) is 10.9 Å². The molecule has 132 valence electrons. The van der Waals surface area contributed by atoms with Gasteiger partial charge < -0.3 is 4.90 Å². The number of nitrogens with zero attached hydrogens (tertiary/aromatic N) is 4. The van der Waals surface area contributed by atoms with Gasteiger partial charge in [0.25, 0.3) is 0 Å². The minimum absolute atomic E-state index is 0.153. The molecule has 0 spiro atoms. The van der Waals surface area contributed by atoms with Gasteiger partial charge in [-0.1, -0.05) is 0 Å². The molecule has 1 atom stereocenters. The predicted octanol–water partition coefficient (Wildman–Crippen LogP) is 2.74. The summed E-state index contributed by atoms with van der Waals surface area (Å²) in [6.45, 7) is 2.89. The Labute approximate surface area is 144 Å². The molecule has 1 aromatic heterocycles. The monoisotopic (exact) mass is 346 g/mol. The minimum Gasteiger partial charge on any atom is -0.309 e. The Morgan fingerprint density at radius 3 is 2.68 bits per heavy atom. The van der Waals surface area contributed by atoms with Crippen LogP contribution in [0.2, 0.25) is 0 Å². The SMILES string of the molecule is O=C1CCCN1c1cnn(C2CCN(Cc3cc(F)cc(F)c3)C2)c1. The number of amides is 1. The van der Waals surface area contributed by atoms with Crippen molar-refractivity contribution >= 4 is 11.6 Å². The van der Waals surface area contributed by atoms with Crippen molar-refractivity contribution in [2.75, 3.05) is 24.5 Å². The van der Waals surface area contributed by atoms with Gasteiger partial charge in [-0.2, -0.15) is 5.10 Å². The van der Waals surface area contributed by atoms with Crippen LogP contribution in [0, 0.1) is 11.6 Å². The van der Waals surface area contributed by atoms with Crippen molar-refractivity contribution < 1.29 is 13.6 Å². The van der Waals surface area contributed by atoms with Crippen LogP contribution in [0.3, 0.4) is 0 Å². The van der Waals surface area contributed by atoms with E-state index in [-0.39, 0.29) is 11.9 Å². The molecule has 2 aliphatic rings. The average Bonchev–Trinajstić information content (AvgIpc) is 3.25. The Kier molecular flexibility index (Phi) is 4.25. The first-order valence-electron chi connectivity index (χ1n) is 8.60. The van der Waals surface area contributed by atoms with Gasteiger partial charge in [0.05, 0.1) is 17.9 Å². The van der Waals surface area contributed by atoms with Crippen molar-refractivity contribution in [2.24, 2.45) is 0 Å². The van der Waals surface area contributed by atoms with Crippen LogP contribution >= 0.6 is 0 Å². The van der Waals surface area contributed by atoms with Crippen LogP contribution in [0.1, 0.15) is 30.9 Å². The lowest BCUT2D eigenvalue weighted by atomic mass is 10.2. The molecule has 1 amide bonds. The Morgan fingerprint density at radius 1 is 1.16 bits per heavy atom. The van der Waals surface area contributed by atoms with E-state index in [1.54, 1.807) is 11.1 Å². The van der Waals surface area contributed by atoms with Crippen molar-refractivity contribution in [3.05, 3.63) is 47.8 Å². The van der Waals surface area contributed by atoms with Crippen LogP contribution in [0.5, 0.6) is 0 Å². The van der Waals surface area contributed by atoms with Crippen molar-refractivity contribution in [3.63, 3.8) is 0 Å². The molecule has 5 nitrogen and oxygen atoms in total. The van der Waals surface area contributed by atoms with Gasteiger partial charge >= 0.3 is 0 Å². The summed E-state index contributed by atoms with van der Waals surface area (Å²) in [5.74, 6) is -0.934. The van der Waals surface area contributed by atoms with E-state index in [4.69, 9.17) is 0 Å². The first-order chi connectivity index (χ1) is 12.1. The summed E-state index contributed by atoms with van der Waals surface area (Å²) in [5.41, 5.74) is 1.50. The van der Waals surface area contributed by atoms with E-state index in [0.717, 1.165) is 44.2 Å². The van der Waals surface area contributed by atoms with Crippen LogP contribution in [0.25, 0.3) is 0 Å². The summed E-state index contributed by atoms with van der Waals surface area (Å²) in [7, 11) is 0. The lowest BCUT2D eigenvalue weighted by Gasteiger charge is -2.16. The van der Waals surface area contributed by atoms with Crippen molar-refractivity contribution in [1.82, 2.24) is 14.7 Å². The molecule has 2 aliphatic heterocycles. The van der Waals surface area contributed by atoms with Crippen LogP contribution in [-0.2, 0) is 11.3 Å². The summed E-state index contributed by atoms with van der Waals surface area (Å²) >= 11 is 0. The number of likely N-dealkylation sites (tertiary alicyclic amines) is 1. The minimum atomic E-state index is -0.544. The van der Waals surface area contributed by atoms with Crippen LogP contribution in [0.4, 0.5) is 14.5 Å². The first-order valence-corrected chi connectivity index (χ1v) is 8.60. The highest BCUT2D eigenvalue weighted by Crippen LogP contribution is 2.26. The zero-order valence-electron chi connectivity index (χ0n) is 13.9. The first kappa shape index (κ1) is 16.2. The summed E-state index contributed by atoms with van der Waals surface area (Å²) in [6, 6.07) is 3.86. The Balaban J connectivity index is 1.40. The average molecular weight is 346 g/mol. The number of carbonyl (C=O) groups is 1. The largest absolute Gasteiger partial charge is 0.309 e. The second kappa shape index (κ2) is 6.55. The Morgan fingerprint density at radius 2 is 1.96 bits per heavy atom. The fourth-order valence-corrected chi connectivity index (χ4v) is 3.72. The number of benzene rings is 1. The lowest BCUT2D eigenvalue weighted by molar-refractivity contribution is -0.117. The van der Waals surface area contributed by atoms with E-state index in [9.17, 15) is 13.6 Å². The quantitative estimate of drug-likeness (QED) is 0.855. The molecule has 0 bridgehead atoms. The Bertz CT molecular complexity index is 771. The summed E-state index contributed by atoms with van der Waals surface area (Å²) in [6.07, 6.45) is 6.10. The van der Waals surface area contributed by atoms with Gasteiger partial charge in [-0.3, -0.25) is 14.4 Å². The number of hydrogen-bond acceptors (Lipinski definition) is 3. The topological polar surface area (TPSA) is 41.4 Å². The molecule has 25 heavy (non-hydrogen) atoms. The van der Waals surface area contributed by atoms with Crippen molar-refractivity contribution in [3.8, 4) is 0 Å². The molecule has 2 aromatic rings. The third kappa shape index (κ3) is 3.42. The molecular weight excluding hydrogens is 326 g/mol. The molecule has 1 aromatic carbocycles. The zero-order valence-corrected chi connectivity index (χ0v) is 13.9. The van der Waals surface area contributed by atoms with E-state index < -0.39 is 11.6 Å². The van der Waals surface area contributed by atoms with Crippen LogP contribution in [0.15, 0.2) is 30.6 Å². The van der Waals surface area contributed by atoms with Gasteiger partial charge in [0.15, 0.2) is 0 Å². The second-order valence-electron chi connectivity index (χ2n) is 6.78. The number of aromatic nitrogens is 2. The lowest BCUT2D eigenvalue weighted by Crippen LogP contribution is -2.23. The third-order valence-electron chi connectivity index (χ3n) is 4.92. The molecule has 7 heteroatoms. The maximum absolute atomic E-state index is 13.3. The zero-order chi connectivity index (χ0) is 17.4. The molecule has 0 radical (unpaired) electrons. The third-order valence-corrected chi connectivity index (χ3v) is 4.92. The normalized spacial score (nSPS) is 21.4. The van der Waals surface area contributed by atoms with Gasteiger partial charge in [-0.05, 0) is 30.5 Å². The molecule has 0 aliphatic carbocycles. The van der Waals surface area contributed by atoms with E-state index in [0.29, 0.717) is 18.5 Å². The Hall–Kier alpha value is -2.28. The van der Waals surface area contributed by atoms with E-state index >= 15 is 0 Å². The highest BCUT2D eigenvalue weighted by Gasteiger charge is 2.27. The van der Waals surface area contributed by atoms with Gasteiger partial charge in [0, 0.05) is 44.9 Å². The second-order valence-corrected chi connectivity index (χ2v) is 6.78. The number of halogens is 2. The molecule has 2 saturated heterocycles. The van der Waals surface area contributed by atoms with E-state index in [1.165, 1.54) is 12.1 Å². The molecular formula is C18H20F2N4O. The smallest absolute Gasteiger partial charge is 0.227 e. The van der Waals surface area contributed by atoms with Crippen LogP contribution < -0.4 is 4.90 Å². The molecule has 0 N–H and O–H groups in total. The highest BCUT2D eigenvalue weighted by molar-refractivity contribution is 5.95. The van der Waals surface area contributed by atoms with Gasteiger partial charge in [-0.25, -0.2) is 8.78 Å². The number of rotatable bonds is 4.